The van der Waals surface area contributed by atoms with Gasteiger partial charge in [0, 0.05) is 12.0 Å². The number of hydrogen-bond acceptors (Lipinski definition) is 1. The standard InChI is InChI=1S/C17H21F2N/c1-3-14(7-4-5-10-18)17(11-13(2)20)15-8-6-9-16(19)12-15/h3-10,12-13,17H,11,20H2,1-2H3/b7-4-,10-5+,14-3+/t13-,17?/m0/s1. The van der Waals surface area contributed by atoms with E-state index in [-0.39, 0.29) is 17.8 Å². The second kappa shape index (κ2) is 8.43. The highest BCUT2D eigenvalue weighted by atomic mass is 19.1. The molecular weight excluding hydrogens is 256 g/mol. The second-order valence-electron chi connectivity index (χ2n) is 4.79. The van der Waals surface area contributed by atoms with E-state index < -0.39 is 0 Å². The van der Waals surface area contributed by atoms with E-state index >= 15 is 0 Å². The van der Waals surface area contributed by atoms with Crippen LogP contribution in [0.1, 0.15) is 31.7 Å². The van der Waals surface area contributed by atoms with Crippen LogP contribution < -0.4 is 5.73 Å². The number of benzene rings is 1. The van der Waals surface area contributed by atoms with Crippen LogP contribution in [0.25, 0.3) is 0 Å². The lowest BCUT2D eigenvalue weighted by Gasteiger charge is -2.21. The van der Waals surface area contributed by atoms with E-state index in [9.17, 15) is 8.78 Å². The molecule has 2 N–H and O–H groups in total. The van der Waals surface area contributed by atoms with Gasteiger partial charge in [-0.1, -0.05) is 30.4 Å². The number of hydrogen-bond donors (Lipinski definition) is 1. The molecule has 20 heavy (non-hydrogen) atoms. The van der Waals surface area contributed by atoms with E-state index in [0.717, 1.165) is 11.1 Å². The molecule has 0 aliphatic carbocycles. The predicted molar refractivity (Wildman–Crippen MR) is 80.6 cm³/mol. The fraction of sp³-hybridized carbons (Fsp3) is 0.294. The smallest absolute Gasteiger partial charge is 0.123 e. The topological polar surface area (TPSA) is 26.0 Å². The molecule has 1 rings (SSSR count). The zero-order valence-electron chi connectivity index (χ0n) is 11.9. The fourth-order valence-corrected chi connectivity index (χ4v) is 2.18. The quantitative estimate of drug-likeness (QED) is 0.754. The van der Waals surface area contributed by atoms with Crippen molar-refractivity contribution < 1.29 is 8.78 Å². The third-order valence-electron chi connectivity index (χ3n) is 3.07. The predicted octanol–water partition coefficient (Wildman–Crippen LogP) is 4.63. The first-order valence-corrected chi connectivity index (χ1v) is 6.69. The Morgan fingerprint density at radius 2 is 2.10 bits per heavy atom. The maximum Gasteiger partial charge on any atom is 0.123 e. The van der Waals surface area contributed by atoms with Crippen molar-refractivity contribution >= 4 is 0 Å². The Labute approximate surface area is 119 Å². The van der Waals surface area contributed by atoms with Crippen LogP contribution in [-0.4, -0.2) is 6.04 Å². The minimum absolute atomic E-state index is 0.0000359. The summed E-state index contributed by atoms with van der Waals surface area (Å²) in [5, 5.41) is 0. The maximum absolute atomic E-state index is 13.4. The van der Waals surface area contributed by atoms with Crippen LogP contribution >= 0.6 is 0 Å². The van der Waals surface area contributed by atoms with Gasteiger partial charge in [0.1, 0.15) is 5.82 Å². The first kappa shape index (κ1) is 16.3. The Bertz CT molecular complexity index is 501. The van der Waals surface area contributed by atoms with Gasteiger partial charge in [-0.25, -0.2) is 8.78 Å². The van der Waals surface area contributed by atoms with Gasteiger partial charge < -0.3 is 5.73 Å². The summed E-state index contributed by atoms with van der Waals surface area (Å²) in [5.74, 6) is -0.264. The van der Waals surface area contributed by atoms with Gasteiger partial charge in [-0.15, -0.1) is 0 Å². The van der Waals surface area contributed by atoms with Gasteiger partial charge in [0.2, 0.25) is 0 Å². The monoisotopic (exact) mass is 277 g/mol. The number of allylic oxidation sites excluding steroid dienone is 5. The van der Waals surface area contributed by atoms with Crippen molar-refractivity contribution in [1.29, 1.82) is 0 Å². The number of rotatable bonds is 6. The molecule has 0 fully saturated rings. The van der Waals surface area contributed by atoms with Crippen LogP contribution in [0, 0.1) is 5.82 Å². The van der Waals surface area contributed by atoms with Crippen molar-refractivity contribution in [3.05, 3.63) is 71.9 Å². The van der Waals surface area contributed by atoms with Gasteiger partial charge in [0.15, 0.2) is 0 Å². The summed E-state index contributed by atoms with van der Waals surface area (Å²) < 4.78 is 25.4. The first-order valence-electron chi connectivity index (χ1n) is 6.69. The number of halogens is 2. The van der Waals surface area contributed by atoms with Gasteiger partial charge >= 0.3 is 0 Å². The highest BCUT2D eigenvalue weighted by molar-refractivity contribution is 5.36. The van der Waals surface area contributed by atoms with Crippen molar-refractivity contribution in [3.8, 4) is 0 Å². The molecule has 1 nitrogen and oxygen atoms in total. The third-order valence-corrected chi connectivity index (χ3v) is 3.07. The molecule has 0 aliphatic rings. The van der Waals surface area contributed by atoms with Crippen LogP contribution in [0.5, 0.6) is 0 Å². The molecule has 1 aromatic rings. The molecule has 108 valence electrons. The Balaban J connectivity index is 3.10. The second-order valence-corrected chi connectivity index (χ2v) is 4.79. The van der Waals surface area contributed by atoms with Crippen LogP contribution in [0.15, 0.2) is 60.5 Å². The van der Waals surface area contributed by atoms with Crippen LogP contribution in [0.3, 0.4) is 0 Å². The SMILES string of the molecule is C\C=C(/C=C\C=C\F)C(C[C@H](C)N)c1cccc(F)c1. The van der Waals surface area contributed by atoms with Gasteiger partial charge in [-0.05, 0) is 49.6 Å². The van der Waals surface area contributed by atoms with Crippen LogP contribution in [-0.2, 0) is 0 Å². The molecule has 0 aliphatic heterocycles. The van der Waals surface area contributed by atoms with Crippen LogP contribution in [0.2, 0.25) is 0 Å². The lowest BCUT2D eigenvalue weighted by molar-refractivity contribution is 0.594. The molecule has 0 aromatic heterocycles. The van der Waals surface area contributed by atoms with Gasteiger partial charge in [-0.3, -0.25) is 0 Å². The molecule has 0 saturated carbocycles. The maximum atomic E-state index is 13.4. The molecule has 3 heteroatoms. The molecule has 0 bridgehead atoms. The minimum atomic E-state index is -0.264. The Hall–Kier alpha value is -1.74. The highest BCUT2D eigenvalue weighted by Crippen LogP contribution is 2.30. The Morgan fingerprint density at radius 1 is 1.35 bits per heavy atom. The first-order chi connectivity index (χ1) is 9.58. The van der Waals surface area contributed by atoms with Gasteiger partial charge in [0.25, 0.3) is 0 Å². The summed E-state index contributed by atoms with van der Waals surface area (Å²) in [7, 11) is 0. The van der Waals surface area contributed by atoms with E-state index in [0.29, 0.717) is 12.8 Å². The summed E-state index contributed by atoms with van der Waals surface area (Å²) in [4.78, 5) is 0. The van der Waals surface area contributed by atoms with Gasteiger partial charge in [-0.2, -0.15) is 0 Å². The molecule has 2 atom stereocenters. The fourth-order valence-electron chi connectivity index (χ4n) is 2.18. The summed E-state index contributed by atoms with van der Waals surface area (Å²) in [6.45, 7) is 3.83. The van der Waals surface area contributed by atoms with Crippen molar-refractivity contribution in [2.75, 3.05) is 0 Å². The average molecular weight is 277 g/mol. The molecule has 0 heterocycles. The summed E-state index contributed by atoms with van der Waals surface area (Å²) in [5.41, 5.74) is 7.77. The van der Waals surface area contributed by atoms with E-state index in [2.05, 4.69) is 0 Å². The molecule has 1 unspecified atom stereocenters. The summed E-state index contributed by atoms with van der Waals surface area (Å²) in [6, 6.07) is 6.51. The largest absolute Gasteiger partial charge is 0.328 e. The van der Waals surface area contributed by atoms with Crippen molar-refractivity contribution in [2.45, 2.75) is 32.2 Å². The van der Waals surface area contributed by atoms with Crippen molar-refractivity contribution in [2.24, 2.45) is 5.73 Å². The lowest BCUT2D eigenvalue weighted by Crippen LogP contribution is -2.19. The van der Waals surface area contributed by atoms with Crippen molar-refractivity contribution in [3.63, 3.8) is 0 Å². The Morgan fingerprint density at radius 3 is 2.65 bits per heavy atom. The zero-order valence-corrected chi connectivity index (χ0v) is 11.9. The molecule has 0 radical (unpaired) electrons. The molecule has 0 saturated heterocycles. The third kappa shape index (κ3) is 5.10. The van der Waals surface area contributed by atoms with E-state index in [1.165, 1.54) is 18.2 Å². The van der Waals surface area contributed by atoms with E-state index in [4.69, 9.17) is 5.73 Å². The summed E-state index contributed by atoms with van der Waals surface area (Å²) in [6.07, 6.45) is 7.90. The molecule has 1 aromatic carbocycles. The normalized spacial score (nSPS) is 15.9. The van der Waals surface area contributed by atoms with Gasteiger partial charge in [0.05, 0.1) is 6.33 Å². The van der Waals surface area contributed by atoms with Crippen molar-refractivity contribution in [1.82, 2.24) is 0 Å². The van der Waals surface area contributed by atoms with E-state index in [1.54, 1.807) is 12.1 Å². The van der Waals surface area contributed by atoms with E-state index in [1.807, 2.05) is 32.1 Å². The van der Waals surface area contributed by atoms with Crippen LogP contribution in [0.4, 0.5) is 8.78 Å². The lowest BCUT2D eigenvalue weighted by atomic mass is 9.85. The highest BCUT2D eigenvalue weighted by Gasteiger charge is 2.16. The molecule has 0 amide bonds. The zero-order chi connectivity index (χ0) is 15.0. The molecule has 0 spiro atoms. The molecular formula is C17H21F2N. The number of nitrogens with two attached hydrogens (primary N) is 1. The Kier molecular flexibility index (Phi) is 6.88. The summed E-state index contributed by atoms with van der Waals surface area (Å²) >= 11 is 0. The average Bonchev–Trinajstić information content (AvgIpc) is 2.41. The minimum Gasteiger partial charge on any atom is -0.328 e.